The van der Waals surface area contributed by atoms with Crippen molar-refractivity contribution in [2.45, 2.75) is 26.8 Å². The van der Waals surface area contributed by atoms with Gasteiger partial charge in [-0.25, -0.2) is 0 Å². The Morgan fingerprint density at radius 3 is 2.32 bits per heavy atom. The first-order valence-corrected chi connectivity index (χ1v) is 5.80. The first kappa shape index (κ1) is 13.1. The molecule has 1 aromatic carbocycles. The Morgan fingerprint density at radius 1 is 1.16 bits per heavy atom. The highest BCUT2D eigenvalue weighted by Gasteiger charge is 2.19. The number of nitrogens with one attached hydrogen (secondary N) is 1. The Morgan fingerprint density at radius 2 is 1.74 bits per heavy atom. The number of esters is 2. The average Bonchev–Trinajstić information content (AvgIpc) is 2.29. The highest BCUT2D eigenvalue weighted by atomic mass is 16.6. The smallest absolute Gasteiger partial charge is 0.308 e. The van der Waals surface area contributed by atoms with Gasteiger partial charge in [-0.15, -0.1) is 0 Å². The molecule has 0 aromatic heterocycles. The van der Waals surface area contributed by atoms with Gasteiger partial charge < -0.3 is 14.8 Å². The molecule has 6 heteroatoms. The third kappa shape index (κ3) is 2.90. The van der Waals surface area contributed by atoms with E-state index in [1.54, 1.807) is 18.5 Å². The quantitative estimate of drug-likeness (QED) is 0.652. The molecule has 0 radical (unpaired) electrons. The molecule has 2 rings (SSSR count). The standard InChI is InChI=1S/C13H14N2O4/c1-7-10-4-12(18-8(2)16)13(19-9(3)17)5-11(10)15-6-14-7/h4-7H,1-3H3,(H,14,15). The maximum Gasteiger partial charge on any atom is 0.308 e. The third-order valence-corrected chi connectivity index (χ3v) is 2.59. The predicted molar refractivity (Wildman–Crippen MR) is 69.6 cm³/mol. The molecule has 0 saturated heterocycles. The van der Waals surface area contributed by atoms with Gasteiger partial charge in [0.2, 0.25) is 0 Å². The Bertz CT molecular complexity index is 566. The van der Waals surface area contributed by atoms with Crippen LogP contribution in [0.15, 0.2) is 17.1 Å². The van der Waals surface area contributed by atoms with E-state index in [1.165, 1.54) is 13.8 Å². The molecule has 1 heterocycles. The number of fused-ring (bicyclic) bond motifs is 1. The van der Waals surface area contributed by atoms with Gasteiger partial charge in [-0.2, -0.15) is 0 Å². The van der Waals surface area contributed by atoms with E-state index >= 15 is 0 Å². The van der Waals surface area contributed by atoms with Crippen LogP contribution in [0.5, 0.6) is 11.5 Å². The lowest BCUT2D eigenvalue weighted by molar-refractivity contribution is -0.134. The van der Waals surface area contributed by atoms with Crippen LogP contribution in [-0.4, -0.2) is 18.3 Å². The van der Waals surface area contributed by atoms with Gasteiger partial charge in [0, 0.05) is 31.2 Å². The van der Waals surface area contributed by atoms with Crippen LogP contribution in [0.1, 0.15) is 32.4 Å². The van der Waals surface area contributed by atoms with Crippen molar-refractivity contribution >= 4 is 24.0 Å². The van der Waals surface area contributed by atoms with E-state index in [2.05, 4.69) is 10.3 Å². The first-order chi connectivity index (χ1) is 8.97. The normalized spacial score (nSPS) is 16.3. The molecule has 1 aliphatic rings. The summed E-state index contributed by atoms with van der Waals surface area (Å²) in [5.74, 6) is -0.539. The van der Waals surface area contributed by atoms with Crippen molar-refractivity contribution in [1.82, 2.24) is 0 Å². The molecular weight excluding hydrogens is 248 g/mol. The molecule has 1 N–H and O–H groups in total. The van der Waals surface area contributed by atoms with Gasteiger partial charge in [0.05, 0.1) is 12.4 Å². The molecule has 1 aromatic rings. The minimum absolute atomic E-state index is 0.0584. The monoisotopic (exact) mass is 262 g/mol. The van der Waals surface area contributed by atoms with Crippen molar-refractivity contribution in [3.8, 4) is 11.5 Å². The Hall–Kier alpha value is -2.37. The van der Waals surface area contributed by atoms with Gasteiger partial charge in [0.15, 0.2) is 11.5 Å². The summed E-state index contributed by atoms with van der Waals surface area (Å²) in [6.07, 6.45) is 1.58. The summed E-state index contributed by atoms with van der Waals surface area (Å²) in [7, 11) is 0. The number of nitrogens with zero attached hydrogens (tertiary/aromatic N) is 1. The van der Waals surface area contributed by atoms with Crippen LogP contribution in [-0.2, 0) is 9.59 Å². The van der Waals surface area contributed by atoms with E-state index in [9.17, 15) is 9.59 Å². The zero-order valence-electron chi connectivity index (χ0n) is 10.9. The Balaban J connectivity index is 2.47. The molecular formula is C13H14N2O4. The van der Waals surface area contributed by atoms with E-state index in [1.807, 2.05) is 6.92 Å². The summed E-state index contributed by atoms with van der Waals surface area (Å²) in [5.41, 5.74) is 1.64. The van der Waals surface area contributed by atoms with E-state index in [0.717, 1.165) is 11.3 Å². The maximum absolute atomic E-state index is 11.1. The van der Waals surface area contributed by atoms with Gasteiger partial charge in [0.25, 0.3) is 0 Å². The highest BCUT2D eigenvalue weighted by Crippen LogP contribution is 2.38. The third-order valence-electron chi connectivity index (χ3n) is 2.59. The fraction of sp³-hybridized carbons (Fsp3) is 0.308. The number of aliphatic imine (C=N–C) groups is 1. The van der Waals surface area contributed by atoms with Crippen LogP contribution in [0, 0.1) is 0 Å². The largest absolute Gasteiger partial charge is 0.423 e. The summed E-state index contributed by atoms with van der Waals surface area (Å²) in [6, 6.07) is 3.22. The van der Waals surface area contributed by atoms with E-state index in [4.69, 9.17) is 9.47 Å². The summed E-state index contributed by atoms with van der Waals surface area (Å²) in [4.78, 5) is 26.4. The number of hydrogen-bond donors (Lipinski definition) is 1. The molecule has 0 spiro atoms. The number of benzene rings is 1. The van der Waals surface area contributed by atoms with Crippen molar-refractivity contribution in [3.63, 3.8) is 0 Å². The van der Waals surface area contributed by atoms with Crippen LogP contribution in [0.3, 0.4) is 0 Å². The van der Waals surface area contributed by atoms with Gasteiger partial charge in [-0.1, -0.05) is 0 Å². The molecule has 0 aliphatic carbocycles. The summed E-state index contributed by atoms with van der Waals surface area (Å²) < 4.78 is 10.1. The predicted octanol–water partition coefficient (Wildman–Crippen LogP) is 2.05. The fourth-order valence-corrected chi connectivity index (χ4v) is 1.81. The minimum atomic E-state index is -0.481. The van der Waals surface area contributed by atoms with E-state index < -0.39 is 11.9 Å². The second kappa shape index (κ2) is 5.09. The van der Waals surface area contributed by atoms with E-state index in [-0.39, 0.29) is 17.5 Å². The van der Waals surface area contributed by atoms with Crippen molar-refractivity contribution in [2.75, 3.05) is 5.32 Å². The summed E-state index contributed by atoms with van der Waals surface area (Å²) >= 11 is 0. The molecule has 0 bridgehead atoms. The lowest BCUT2D eigenvalue weighted by Gasteiger charge is -2.20. The molecule has 1 atom stereocenters. The minimum Gasteiger partial charge on any atom is -0.423 e. The fourth-order valence-electron chi connectivity index (χ4n) is 1.81. The summed E-state index contributed by atoms with van der Waals surface area (Å²) in [5, 5.41) is 2.96. The topological polar surface area (TPSA) is 77.0 Å². The van der Waals surface area contributed by atoms with Gasteiger partial charge in [-0.3, -0.25) is 14.6 Å². The molecule has 100 valence electrons. The molecule has 19 heavy (non-hydrogen) atoms. The number of rotatable bonds is 2. The van der Waals surface area contributed by atoms with Crippen molar-refractivity contribution < 1.29 is 19.1 Å². The second-order valence-corrected chi connectivity index (χ2v) is 4.17. The van der Waals surface area contributed by atoms with E-state index in [0.29, 0.717) is 0 Å². The molecule has 0 fully saturated rings. The SMILES string of the molecule is CC(=O)Oc1cc2c(cc1OC(C)=O)C(C)N=CN2. The van der Waals surface area contributed by atoms with Crippen LogP contribution in [0.25, 0.3) is 0 Å². The number of ether oxygens (including phenoxy) is 2. The summed E-state index contributed by atoms with van der Waals surface area (Å²) in [6.45, 7) is 4.49. The number of anilines is 1. The Kier molecular flexibility index (Phi) is 3.50. The lowest BCUT2D eigenvalue weighted by atomic mass is 10.0. The van der Waals surface area contributed by atoms with Gasteiger partial charge >= 0.3 is 11.9 Å². The van der Waals surface area contributed by atoms with Crippen LogP contribution >= 0.6 is 0 Å². The number of hydrogen-bond acceptors (Lipinski definition) is 6. The molecule has 0 saturated carbocycles. The Labute approximate surface area is 110 Å². The maximum atomic E-state index is 11.1. The van der Waals surface area contributed by atoms with Crippen LogP contribution in [0.2, 0.25) is 0 Å². The van der Waals surface area contributed by atoms with Crippen LogP contribution < -0.4 is 14.8 Å². The second-order valence-electron chi connectivity index (χ2n) is 4.17. The van der Waals surface area contributed by atoms with Gasteiger partial charge in [-0.05, 0) is 13.0 Å². The average molecular weight is 262 g/mol. The number of carbonyl (C=O) groups excluding carboxylic acids is 2. The van der Waals surface area contributed by atoms with Gasteiger partial charge in [0.1, 0.15) is 0 Å². The molecule has 0 amide bonds. The highest BCUT2D eigenvalue weighted by molar-refractivity contribution is 5.83. The zero-order chi connectivity index (χ0) is 14.0. The number of carbonyl (C=O) groups is 2. The van der Waals surface area contributed by atoms with Crippen molar-refractivity contribution in [1.29, 1.82) is 0 Å². The molecule has 1 unspecified atom stereocenters. The van der Waals surface area contributed by atoms with Crippen LogP contribution in [0.4, 0.5) is 5.69 Å². The lowest BCUT2D eigenvalue weighted by Crippen LogP contribution is -2.12. The first-order valence-electron chi connectivity index (χ1n) is 5.80. The zero-order valence-corrected chi connectivity index (χ0v) is 10.9. The molecule has 6 nitrogen and oxygen atoms in total. The molecule has 1 aliphatic heterocycles. The van der Waals surface area contributed by atoms with Crippen molar-refractivity contribution in [2.24, 2.45) is 4.99 Å². The van der Waals surface area contributed by atoms with Crippen molar-refractivity contribution in [3.05, 3.63) is 17.7 Å².